The first-order valence-electron chi connectivity index (χ1n) is 3.95. The third-order valence-corrected chi connectivity index (χ3v) is 2.12. The molecule has 1 rings (SSSR count). The van der Waals surface area contributed by atoms with Gasteiger partial charge in [0.1, 0.15) is 0 Å². The van der Waals surface area contributed by atoms with Crippen molar-refractivity contribution in [3.63, 3.8) is 0 Å². The van der Waals surface area contributed by atoms with Crippen LogP contribution in [0.3, 0.4) is 0 Å². The Morgan fingerprint density at radius 2 is 2.17 bits per heavy atom. The lowest BCUT2D eigenvalue weighted by Gasteiger charge is -2.11. The topological polar surface area (TPSA) is 52.0 Å². The first kappa shape index (κ1) is 9.36. The lowest BCUT2D eigenvalue weighted by molar-refractivity contribution is 0.701. The highest BCUT2D eigenvalue weighted by molar-refractivity contribution is 6.30. The monoisotopic (exact) mass is 184 g/mol. The van der Waals surface area contributed by atoms with Crippen LogP contribution < -0.4 is 11.5 Å². The minimum atomic E-state index is -0.0105. The Bertz CT molecular complexity index is 273. The molecule has 0 aliphatic rings. The fourth-order valence-electron chi connectivity index (χ4n) is 1.09. The van der Waals surface area contributed by atoms with Crippen LogP contribution in [0.15, 0.2) is 18.2 Å². The normalized spacial score (nSPS) is 12.9. The van der Waals surface area contributed by atoms with E-state index in [1.165, 1.54) is 0 Å². The molecule has 0 amide bonds. The van der Waals surface area contributed by atoms with Crippen LogP contribution in [-0.2, 0) is 0 Å². The van der Waals surface area contributed by atoms with Gasteiger partial charge in [0.2, 0.25) is 0 Å². The summed E-state index contributed by atoms with van der Waals surface area (Å²) in [5.41, 5.74) is 13.2. The molecule has 1 aromatic rings. The number of halogens is 1. The van der Waals surface area contributed by atoms with Gasteiger partial charge in [-0.1, -0.05) is 18.5 Å². The molecule has 1 unspecified atom stereocenters. The van der Waals surface area contributed by atoms with Gasteiger partial charge in [0.25, 0.3) is 0 Å². The van der Waals surface area contributed by atoms with Crippen LogP contribution in [0.4, 0.5) is 5.69 Å². The van der Waals surface area contributed by atoms with Gasteiger partial charge in [0, 0.05) is 16.8 Å². The van der Waals surface area contributed by atoms with E-state index in [1.54, 1.807) is 12.1 Å². The summed E-state index contributed by atoms with van der Waals surface area (Å²) in [6.45, 7) is 2.02. The van der Waals surface area contributed by atoms with Crippen LogP contribution in [0, 0.1) is 0 Å². The standard InChI is InChI=1S/C9H13ClN2/c1-2-8(11)7-5-6(10)3-4-9(7)12/h3-5,8H,2,11-12H2,1H3. The molecule has 66 valence electrons. The molecule has 0 bridgehead atoms. The highest BCUT2D eigenvalue weighted by Crippen LogP contribution is 2.24. The van der Waals surface area contributed by atoms with Gasteiger partial charge in [-0.2, -0.15) is 0 Å². The largest absolute Gasteiger partial charge is 0.398 e. The molecule has 0 heterocycles. The molecule has 0 fully saturated rings. The summed E-state index contributed by atoms with van der Waals surface area (Å²) in [7, 11) is 0. The van der Waals surface area contributed by atoms with Crippen LogP contribution >= 0.6 is 11.6 Å². The van der Waals surface area contributed by atoms with Gasteiger partial charge in [0.15, 0.2) is 0 Å². The van der Waals surface area contributed by atoms with Gasteiger partial charge in [-0.05, 0) is 30.2 Å². The van der Waals surface area contributed by atoms with E-state index in [1.807, 2.05) is 13.0 Å². The van der Waals surface area contributed by atoms with Gasteiger partial charge in [-0.25, -0.2) is 0 Å². The maximum absolute atomic E-state index is 5.83. The minimum Gasteiger partial charge on any atom is -0.398 e. The summed E-state index contributed by atoms with van der Waals surface area (Å²) in [5, 5.41) is 0.683. The molecule has 4 N–H and O–H groups in total. The molecule has 0 spiro atoms. The molecule has 0 radical (unpaired) electrons. The van der Waals surface area contributed by atoms with E-state index in [4.69, 9.17) is 23.1 Å². The Morgan fingerprint density at radius 1 is 1.50 bits per heavy atom. The third kappa shape index (κ3) is 1.90. The second-order valence-corrected chi connectivity index (χ2v) is 3.22. The van der Waals surface area contributed by atoms with Crippen LogP contribution in [0.5, 0.6) is 0 Å². The predicted octanol–water partition coefficient (Wildman–Crippen LogP) is 2.33. The summed E-state index contributed by atoms with van der Waals surface area (Å²) in [6, 6.07) is 5.37. The Hall–Kier alpha value is -0.730. The van der Waals surface area contributed by atoms with Crippen molar-refractivity contribution in [3.05, 3.63) is 28.8 Å². The number of anilines is 1. The second-order valence-electron chi connectivity index (χ2n) is 2.79. The molecule has 0 aromatic heterocycles. The highest BCUT2D eigenvalue weighted by Gasteiger charge is 2.07. The maximum Gasteiger partial charge on any atom is 0.0410 e. The average Bonchev–Trinajstić information content (AvgIpc) is 2.08. The predicted molar refractivity (Wildman–Crippen MR) is 53.1 cm³/mol. The van der Waals surface area contributed by atoms with Crippen molar-refractivity contribution in [3.8, 4) is 0 Å². The van der Waals surface area contributed by atoms with Gasteiger partial charge in [0.05, 0.1) is 0 Å². The Balaban J connectivity index is 3.04. The van der Waals surface area contributed by atoms with Crippen molar-refractivity contribution in [2.75, 3.05) is 5.73 Å². The minimum absolute atomic E-state index is 0.0105. The summed E-state index contributed by atoms with van der Waals surface area (Å²) < 4.78 is 0. The number of nitrogens with two attached hydrogens (primary N) is 2. The van der Waals surface area contributed by atoms with E-state index in [-0.39, 0.29) is 6.04 Å². The third-order valence-electron chi connectivity index (χ3n) is 1.89. The quantitative estimate of drug-likeness (QED) is 0.694. The van der Waals surface area contributed by atoms with Crippen LogP contribution in [-0.4, -0.2) is 0 Å². The van der Waals surface area contributed by atoms with Gasteiger partial charge in [-0.15, -0.1) is 0 Å². The highest BCUT2D eigenvalue weighted by atomic mass is 35.5. The molecule has 12 heavy (non-hydrogen) atoms. The molecule has 1 atom stereocenters. The van der Waals surface area contributed by atoms with Gasteiger partial charge < -0.3 is 11.5 Å². The van der Waals surface area contributed by atoms with Crippen molar-refractivity contribution in [1.82, 2.24) is 0 Å². The Kier molecular flexibility index (Phi) is 2.95. The number of rotatable bonds is 2. The number of benzene rings is 1. The summed E-state index contributed by atoms with van der Waals surface area (Å²) in [6.07, 6.45) is 0.866. The van der Waals surface area contributed by atoms with E-state index in [0.717, 1.165) is 12.0 Å². The van der Waals surface area contributed by atoms with Crippen molar-refractivity contribution >= 4 is 17.3 Å². The molecule has 1 aromatic carbocycles. The lowest BCUT2D eigenvalue weighted by atomic mass is 10.0. The Morgan fingerprint density at radius 3 is 2.75 bits per heavy atom. The maximum atomic E-state index is 5.83. The van der Waals surface area contributed by atoms with E-state index in [0.29, 0.717) is 10.7 Å². The van der Waals surface area contributed by atoms with Crippen molar-refractivity contribution < 1.29 is 0 Å². The second kappa shape index (κ2) is 3.78. The molecule has 3 heteroatoms. The zero-order chi connectivity index (χ0) is 9.14. The number of hydrogen-bond donors (Lipinski definition) is 2. The molecule has 0 aliphatic carbocycles. The number of hydrogen-bond acceptors (Lipinski definition) is 2. The van der Waals surface area contributed by atoms with Gasteiger partial charge >= 0.3 is 0 Å². The van der Waals surface area contributed by atoms with Crippen LogP contribution in [0.2, 0.25) is 5.02 Å². The molecular formula is C9H13ClN2. The molecule has 2 nitrogen and oxygen atoms in total. The molecule has 0 aliphatic heterocycles. The zero-order valence-electron chi connectivity index (χ0n) is 7.05. The Labute approximate surface area is 77.5 Å². The van der Waals surface area contributed by atoms with Crippen LogP contribution in [0.1, 0.15) is 24.9 Å². The fourth-order valence-corrected chi connectivity index (χ4v) is 1.27. The summed E-state index contributed by atoms with van der Waals surface area (Å²) in [5.74, 6) is 0. The smallest absolute Gasteiger partial charge is 0.0410 e. The molecular weight excluding hydrogens is 172 g/mol. The number of nitrogen functional groups attached to an aromatic ring is 1. The summed E-state index contributed by atoms with van der Waals surface area (Å²) in [4.78, 5) is 0. The van der Waals surface area contributed by atoms with Crippen molar-refractivity contribution in [2.24, 2.45) is 5.73 Å². The lowest BCUT2D eigenvalue weighted by Crippen LogP contribution is -2.10. The zero-order valence-corrected chi connectivity index (χ0v) is 7.81. The van der Waals surface area contributed by atoms with Crippen LogP contribution in [0.25, 0.3) is 0 Å². The van der Waals surface area contributed by atoms with Crippen molar-refractivity contribution in [1.29, 1.82) is 0 Å². The average molecular weight is 185 g/mol. The van der Waals surface area contributed by atoms with Crippen molar-refractivity contribution in [2.45, 2.75) is 19.4 Å². The van der Waals surface area contributed by atoms with E-state index >= 15 is 0 Å². The summed E-state index contributed by atoms with van der Waals surface area (Å²) >= 11 is 5.81. The fraction of sp³-hybridized carbons (Fsp3) is 0.333. The molecule has 0 saturated heterocycles. The van der Waals surface area contributed by atoms with Gasteiger partial charge in [-0.3, -0.25) is 0 Å². The van der Waals surface area contributed by atoms with E-state index in [2.05, 4.69) is 0 Å². The first-order chi connectivity index (χ1) is 5.65. The first-order valence-corrected chi connectivity index (χ1v) is 4.33. The SMILES string of the molecule is CCC(N)c1cc(Cl)ccc1N. The molecule has 0 saturated carbocycles. The van der Waals surface area contributed by atoms with E-state index in [9.17, 15) is 0 Å². The van der Waals surface area contributed by atoms with E-state index < -0.39 is 0 Å².